The molecule has 0 unspecified atom stereocenters. The molecule has 0 aliphatic heterocycles. The predicted octanol–water partition coefficient (Wildman–Crippen LogP) is 3.93. The maximum Gasteiger partial charge on any atom is 0.295 e. The van der Waals surface area contributed by atoms with Crippen molar-refractivity contribution < 1.29 is 9.53 Å². The van der Waals surface area contributed by atoms with E-state index in [-0.39, 0.29) is 17.2 Å². The van der Waals surface area contributed by atoms with Crippen LogP contribution in [-0.2, 0) is 11.8 Å². The second-order valence-corrected chi connectivity index (χ2v) is 6.83. The highest BCUT2D eigenvalue weighted by molar-refractivity contribution is 6.30. The van der Waals surface area contributed by atoms with Gasteiger partial charge in [-0.3, -0.25) is 14.3 Å². The number of nitrogens with zero attached hydrogens (tertiary/aromatic N) is 2. The van der Waals surface area contributed by atoms with Gasteiger partial charge in [0.25, 0.3) is 11.5 Å². The van der Waals surface area contributed by atoms with Gasteiger partial charge in [-0.2, -0.15) is 0 Å². The Bertz CT molecular complexity index is 1020. The smallest absolute Gasteiger partial charge is 0.295 e. The number of benzene rings is 2. The van der Waals surface area contributed by atoms with Crippen LogP contribution in [0.15, 0.2) is 59.4 Å². The molecule has 2 aromatic carbocycles. The molecule has 1 amide bonds. The van der Waals surface area contributed by atoms with Gasteiger partial charge in [0.1, 0.15) is 11.4 Å². The predicted molar refractivity (Wildman–Crippen MR) is 111 cm³/mol. The average molecular weight is 400 g/mol. The van der Waals surface area contributed by atoms with Gasteiger partial charge >= 0.3 is 0 Å². The number of amides is 1. The quantitative estimate of drug-likeness (QED) is 0.682. The lowest BCUT2D eigenvalue weighted by atomic mass is 10.2. The molecule has 0 aliphatic carbocycles. The lowest BCUT2D eigenvalue weighted by Crippen LogP contribution is -2.34. The van der Waals surface area contributed by atoms with Crippen molar-refractivity contribution in [3.63, 3.8) is 0 Å². The van der Waals surface area contributed by atoms with Gasteiger partial charge in [-0.15, -0.1) is 0 Å². The maximum atomic E-state index is 12.9. The van der Waals surface area contributed by atoms with Crippen molar-refractivity contribution in [2.75, 3.05) is 5.32 Å². The van der Waals surface area contributed by atoms with Crippen LogP contribution in [0, 0.1) is 6.92 Å². The molecule has 0 saturated carbocycles. The average Bonchev–Trinajstić information content (AvgIpc) is 2.91. The van der Waals surface area contributed by atoms with E-state index in [4.69, 9.17) is 16.3 Å². The summed E-state index contributed by atoms with van der Waals surface area (Å²) in [4.78, 5) is 25.7. The minimum absolute atomic E-state index is 0.245. The molecule has 0 bridgehead atoms. The lowest BCUT2D eigenvalue weighted by Gasteiger charge is -2.17. The van der Waals surface area contributed by atoms with E-state index in [1.807, 2.05) is 37.3 Å². The van der Waals surface area contributed by atoms with E-state index < -0.39 is 6.10 Å². The van der Waals surface area contributed by atoms with Gasteiger partial charge < -0.3 is 10.1 Å². The summed E-state index contributed by atoms with van der Waals surface area (Å²) in [5.41, 5.74) is 1.34. The molecule has 0 saturated heterocycles. The van der Waals surface area contributed by atoms with Gasteiger partial charge in [-0.25, -0.2) is 4.68 Å². The van der Waals surface area contributed by atoms with Crippen LogP contribution >= 0.6 is 11.6 Å². The van der Waals surface area contributed by atoms with Gasteiger partial charge in [-0.1, -0.05) is 36.7 Å². The number of ether oxygens (including phenoxy) is 1. The summed E-state index contributed by atoms with van der Waals surface area (Å²) >= 11 is 5.88. The van der Waals surface area contributed by atoms with Crippen LogP contribution in [0.25, 0.3) is 5.69 Å². The number of hydrogen-bond donors (Lipinski definition) is 1. The number of aromatic nitrogens is 2. The van der Waals surface area contributed by atoms with Gasteiger partial charge in [0.15, 0.2) is 6.10 Å². The molecule has 0 aliphatic rings. The van der Waals surface area contributed by atoms with E-state index in [1.165, 1.54) is 4.68 Å². The first-order valence-corrected chi connectivity index (χ1v) is 9.37. The van der Waals surface area contributed by atoms with Gasteiger partial charge in [0, 0.05) is 12.1 Å². The summed E-state index contributed by atoms with van der Waals surface area (Å²) in [5, 5.41) is 3.34. The SMILES string of the molecule is CC[C@@H](Oc1ccc(Cl)cc1)C(=O)Nc1c(C)n(C)n(-c2ccccc2)c1=O. The molecule has 1 heterocycles. The third kappa shape index (κ3) is 3.97. The van der Waals surface area contributed by atoms with Crippen molar-refractivity contribution in [3.05, 3.63) is 75.7 Å². The fourth-order valence-electron chi connectivity index (χ4n) is 2.92. The van der Waals surface area contributed by atoms with E-state index in [0.29, 0.717) is 22.9 Å². The van der Waals surface area contributed by atoms with Crippen LogP contribution in [0.1, 0.15) is 19.0 Å². The zero-order chi connectivity index (χ0) is 20.3. The largest absolute Gasteiger partial charge is 0.481 e. The van der Waals surface area contributed by atoms with Gasteiger partial charge in [0.2, 0.25) is 0 Å². The summed E-state index contributed by atoms with van der Waals surface area (Å²) in [6.45, 7) is 3.64. The molecule has 6 nitrogen and oxygen atoms in total. The van der Waals surface area contributed by atoms with Gasteiger partial charge in [-0.05, 0) is 49.7 Å². The van der Waals surface area contributed by atoms with Crippen molar-refractivity contribution in [3.8, 4) is 11.4 Å². The second-order valence-electron chi connectivity index (χ2n) is 6.39. The molecule has 3 rings (SSSR count). The Balaban J connectivity index is 1.85. The number of hydrogen-bond acceptors (Lipinski definition) is 3. The van der Waals surface area contributed by atoms with E-state index in [1.54, 1.807) is 42.9 Å². The second kappa shape index (κ2) is 8.35. The van der Waals surface area contributed by atoms with Crippen molar-refractivity contribution in [2.24, 2.45) is 7.05 Å². The van der Waals surface area contributed by atoms with Crippen LogP contribution in [0.5, 0.6) is 5.75 Å². The molecule has 0 fully saturated rings. The molecule has 0 spiro atoms. The van der Waals surface area contributed by atoms with Crippen LogP contribution in [0.2, 0.25) is 5.02 Å². The number of rotatable bonds is 6. The zero-order valence-corrected chi connectivity index (χ0v) is 16.7. The number of nitrogens with one attached hydrogen (secondary N) is 1. The van der Waals surface area contributed by atoms with E-state index >= 15 is 0 Å². The summed E-state index contributed by atoms with van der Waals surface area (Å²) in [6.07, 6.45) is -0.280. The molecule has 146 valence electrons. The Morgan fingerprint density at radius 3 is 2.39 bits per heavy atom. The van der Waals surface area contributed by atoms with Crippen molar-refractivity contribution in [1.29, 1.82) is 0 Å². The Hall–Kier alpha value is -2.99. The van der Waals surface area contributed by atoms with Crippen molar-refractivity contribution in [2.45, 2.75) is 26.4 Å². The standard InChI is InChI=1S/C21H22ClN3O3/c1-4-18(28-17-12-10-15(22)11-13-17)20(26)23-19-14(2)24(3)25(21(19)27)16-8-6-5-7-9-16/h5-13,18H,4H2,1-3H3,(H,23,26)/t18-/m1/s1. The Morgan fingerprint density at radius 1 is 1.14 bits per heavy atom. The highest BCUT2D eigenvalue weighted by Gasteiger charge is 2.23. The normalized spacial score (nSPS) is 11.9. The van der Waals surface area contributed by atoms with Crippen LogP contribution in [0.4, 0.5) is 5.69 Å². The van der Waals surface area contributed by atoms with Crippen molar-refractivity contribution in [1.82, 2.24) is 9.36 Å². The summed E-state index contributed by atoms with van der Waals surface area (Å²) in [7, 11) is 1.78. The number of anilines is 1. The fourth-order valence-corrected chi connectivity index (χ4v) is 3.04. The fraction of sp³-hybridized carbons (Fsp3) is 0.238. The first-order chi connectivity index (χ1) is 13.4. The molecule has 1 atom stereocenters. The molecule has 3 aromatic rings. The molecule has 7 heteroatoms. The van der Waals surface area contributed by atoms with Crippen LogP contribution in [0.3, 0.4) is 0 Å². The number of halogens is 1. The summed E-state index contributed by atoms with van der Waals surface area (Å²) in [6, 6.07) is 16.1. The topological polar surface area (TPSA) is 65.3 Å². The third-order valence-corrected chi connectivity index (χ3v) is 4.81. The third-order valence-electron chi connectivity index (χ3n) is 4.56. The van der Waals surface area contributed by atoms with Crippen LogP contribution in [-0.4, -0.2) is 21.4 Å². The first-order valence-electron chi connectivity index (χ1n) is 8.99. The molecule has 28 heavy (non-hydrogen) atoms. The summed E-state index contributed by atoms with van der Waals surface area (Å²) < 4.78 is 9.00. The summed E-state index contributed by atoms with van der Waals surface area (Å²) in [5.74, 6) is 0.168. The molecule has 0 radical (unpaired) electrons. The first kappa shape index (κ1) is 19.8. The van der Waals surface area contributed by atoms with Crippen molar-refractivity contribution >= 4 is 23.2 Å². The Kier molecular flexibility index (Phi) is 5.90. The highest BCUT2D eigenvalue weighted by atomic mass is 35.5. The number of para-hydroxylation sites is 1. The minimum atomic E-state index is -0.731. The van der Waals surface area contributed by atoms with E-state index in [2.05, 4.69) is 5.32 Å². The van der Waals surface area contributed by atoms with E-state index in [0.717, 1.165) is 5.69 Å². The number of carbonyl (C=O) groups excluding carboxylic acids is 1. The Labute approximate surface area is 168 Å². The lowest BCUT2D eigenvalue weighted by molar-refractivity contribution is -0.122. The minimum Gasteiger partial charge on any atom is -0.481 e. The monoisotopic (exact) mass is 399 g/mol. The van der Waals surface area contributed by atoms with Gasteiger partial charge in [0.05, 0.1) is 11.4 Å². The number of carbonyl (C=O) groups is 1. The zero-order valence-electron chi connectivity index (χ0n) is 16.0. The highest BCUT2D eigenvalue weighted by Crippen LogP contribution is 2.19. The maximum absolute atomic E-state index is 12.9. The van der Waals surface area contributed by atoms with Crippen LogP contribution < -0.4 is 15.6 Å². The molecular weight excluding hydrogens is 378 g/mol. The molecule has 1 N–H and O–H groups in total. The van der Waals surface area contributed by atoms with E-state index in [9.17, 15) is 9.59 Å². The molecule has 1 aromatic heterocycles. The molecular formula is C21H22ClN3O3. The Morgan fingerprint density at radius 2 is 1.79 bits per heavy atom.